The normalized spacial score (nSPS) is 10.2. The fourth-order valence-electron chi connectivity index (χ4n) is 1.97. The first-order valence-electron chi connectivity index (χ1n) is 6.62. The Morgan fingerprint density at radius 1 is 0.900 bits per heavy atom. The monoisotopic (exact) mass is 266 g/mol. The maximum atomic E-state index is 11.9. The molecule has 0 bridgehead atoms. The molecule has 0 amide bonds. The number of hydrogen-bond donors (Lipinski definition) is 0. The summed E-state index contributed by atoms with van der Waals surface area (Å²) in [6.07, 6.45) is 1.14. The zero-order valence-electron chi connectivity index (χ0n) is 11.7. The molecule has 0 spiro atoms. The quantitative estimate of drug-likeness (QED) is 0.609. The van der Waals surface area contributed by atoms with Crippen LogP contribution in [0.1, 0.15) is 31.1 Å². The molecular weight excluding hydrogens is 248 g/mol. The molecule has 2 heteroatoms. The molecule has 0 aliphatic rings. The van der Waals surface area contributed by atoms with Crippen LogP contribution in [0.5, 0.6) is 0 Å². The maximum absolute atomic E-state index is 11.9. The van der Waals surface area contributed by atoms with Crippen molar-refractivity contribution in [2.75, 3.05) is 0 Å². The van der Waals surface area contributed by atoms with E-state index in [1.807, 2.05) is 74.5 Å². The molecule has 0 aliphatic carbocycles. The Kier molecular flexibility index (Phi) is 4.72. The van der Waals surface area contributed by atoms with Gasteiger partial charge in [-0.05, 0) is 25.0 Å². The molecule has 2 nitrogen and oxygen atoms in total. The lowest BCUT2D eigenvalue weighted by atomic mass is 10.0. The van der Waals surface area contributed by atoms with Gasteiger partial charge in [0.1, 0.15) is 0 Å². The van der Waals surface area contributed by atoms with Gasteiger partial charge in [-0.25, -0.2) is 4.79 Å². The Bertz CT molecular complexity index is 542. The van der Waals surface area contributed by atoms with Crippen LogP contribution in [0, 0.1) is 0 Å². The lowest BCUT2D eigenvalue weighted by Crippen LogP contribution is -2.11. The van der Waals surface area contributed by atoms with E-state index in [2.05, 4.69) is 0 Å². The molecule has 0 fully saturated rings. The third-order valence-electron chi connectivity index (χ3n) is 2.85. The number of ether oxygens (including phenoxy) is 1. The molecule has 0 heterocycles. The summed E-state index contributed by atoms with van der Waals surface area (Å²) in [5.41, 5.74) is 2.86. The molecule has 0 aromatic heterocycles. The van der Waals surface area contributed by atoms with E-state index in [1.54, 1.807) is 0 Å². The van der Waals surface area contributed by atoms with Crippen LogP contribution in [0.4, 0.5) is 0 Å². The highest BCUT2D eigenvalue weighted by molar-refractivity contribution is 5.83. The van der Waals surface area contributed by atoms with Crippen LogP contribution < -0.4 is 0 Å². The van der Waals surface area contributed by atoms with E-state index >= 15 is 0 Å². The van der Waals surface area contributed by atoms with Crippen molar-refractivity contribution < 1.29 is 9.53 Å². The standard InChI is InChI=1S/C18H18O2/c1-14(2)13-17(19)20-18(15-9-5-3-6-10-15)16-11-7-4-8-12-16/h3-13,18H,1-2H3. The average Bonchev–Trinajstić information content (AvgIpc) is 2.46. The summed E-state index contributed by atoms with van der Waals surface area (Å²) in [6.45, 7) is 3.75. The number of rotatable bonds is 4. The first kappa shape index (κ1) is 14.1. The van der Waals surface area contributed by atoms with Crippen molar-refractivity contribution in [3.05, 3.63) is 83.4 Å². The predicted octanol–water partition coefficient (Wildman–Crippen LogP) is 4.29. The van der Waals surface area contributed by atoms with E-state index in [4.69, 9.17) is 4.74 Å². The second-order valence-corrected chi connectivity index (χ2v) is 4.86. The van der Waals surface area contributed by atoms with Gasteiger partial charge in [-0.2, -0.15) is 0 Å². The van der Waals surface area contributed by atoms with Crippen molar-refractivity contribution >= 4 is 5.97 Å². The molecule has 0 atom stereocenters. The lowest BCUT2D eigenvalue weighted by Gasteiger charge is -2.18. The Labute approximate surface area is 119 Å². The van der Waals surface area contributed by atoms with Gasteiger partial charge in [0.05, 0.1) is 0 Å². The van der Waals surface area contributed by atoms with Gasteiger partial charge in [0.2, 0.25) is 0 Å². The molecule has 0 N–H and O–H groups in total. The van der Waals surface area contributed by atoms with Gasteiger partial charge >= 0.3 is 5.97 Å². The summed E-state index contributed by atoms with van der Waals surface area (Å²) in [4.78, 5) is 11.9. The van der Waals surface area contributed by atoms with E-state index in [0.29, 0.717) is 0 Å². The first-order chi connectivity index (χ1) is 9.66. The molecule has 2 rings (SSSR count). The van der Waals surface area contributed by atoms with Crippen molar-refractivity contribution in [3.63, 3.8) is 0 Å². The van der Waals surface area contributed by atoms with Crippen LogP contribution in [0.25, 0.3) is 0 Å². The minimum absolute atomic E-state index is 0.317. The van der Waals surface area contributed by atoms with E-state index in [0.717, 1.165) is 16.7 Å². The van der Waals surface area contributed by atoms with Crippen molar-refractivity contribution in [1.29, 1.82) is 0 Å². The Hall–Kier alpha value is -2.35. The molecule has 2 aromatic rings. The highest BCUT2D eigenvalue weighted by Gasteiger charge is 2.17. The third-order valence-corrected chi connectivity index (χ3v) is 2.85. The van der Waals surface area contributed by atoms with E-state index in [1.165, 1.54) is 6.08 Å². The molecule has 0 saturated carbocycles. The van der Waals surface area contributed by atoms with E-state index < -0.39 is 0 Å². The van der Waals surface area contributed by atoms with Gasteiger partial charge in [0.15, 0.2) is 6.10 Å². The number of carbonyl (C=O) groups is 1. The van der Waals surface area contributed by atoms with Gasteiger partial charge in [0, 0.05) is 6.08 Å². The van der Waals surface area contributed by atoms with Crippen molar-refractivity contribution in [2.24, 2.45) is 0 Å². The molecule has 20 heavy (non-hydrogen) atoms. The maximum Gasteiger partial charge on any atom is 0.331 e. The predicted molar refractivity (Wildman–Crippen MR) is 80.3 cm³/mol. The molecule has 102 valence electrons. The van der Waals surface area contributed by atoms with Crippen molar-refractivity contribution in [3.8, 4) is 0 Å². The second kappa shape index (κ2) is 6.71. The summed E-state index contributed by atoms with van der Waals surface area (Å²) in [5, 5.41) is 0. The topological polar surface area (TPSA) is 26.3 Å². The number of benzene rings is 2. The molecule has 0 aliphatic heterocycles. The number of hydrogen-bond acceptors (Lipinski definition) is 2. The number of carbonyl (C=O) groups excluding carboxylic acids is 1. The lowest BCUT2D eigenvalue weighted by molar-refractivity contribution is -0.141. The Balaban J connectivity index is 2.31. The number of esters is 1. The number of allylic oxidation sites excluding steroid dienone is 1. The van der Waals surface area contributed by atoms with E-state index in [9.17, 15) is 4.79 Å². The van der Waals surface area contributed by atoms with Gasteiger partial charge in [0.25, 0.3) is 0 Å². The summed E-state index contributed by atoms with van der Waals surface area (Å²) in [7, 11) is 0. The van der Waals surface area contributed by atoms with Crippen LogP contribution in [-0.2, 0) is 9.53 Å². The van der Waals surface area contributed by atoms with E-state index in [-0.39, 0.29) is 12.1 Å². The molecule has 0 radical (unpaired) electrons. The van der Waals surface area contributed by atoms with Crippen LogP contribution in [0.2, 0.25) is 0 Å². The summed E-state index contributed by atoms with van der Waals surface area (Å²) < 4.78 is 5.62. The Morgan fingerprint density at radius 3 is 1.75 bits per heavy atom. The van der Waals surface area contributed by atoms with Gasteiger partial charge in [-0.1, -0.05) is 66.2 Å². The second-order valence-electron chi connectivity index (χ2n) is 4.86. The van der Waals surface area contributed by atoms with Crippen LogP contribution >= 0.6 is 0 Å². The van der Waals surface area contributed by atoms with Gasteiger partial charge in [-0.15, -0.1) is 0 Å². The van der Waals surface area contributed by atoms with Crippen molar-refractivity contribution in [1.82, 2.24) is 0 Å². The van der Waals surface area contributed by atoms with Crippen LogP contribution in [0.15, 0.2) is 72.3 Å². The molecule has 0 unspecified atom stereocenters. The molecule has 2 aromatic carbocycles. The van der Waals surface area contributed by atoms with Crippen LogP contribution in [0.3, 0.4) is 0 Å². The first-order valence-corrected chi connectivity index (χ1v) is 6.62. The van der Waals surface area contributed by atoms with Gasteiger partial charge < -0.3 is 4.74 Å². The van der Waals surface area contributed by atoms with Gasteiger partial charge in [-0.3, -0.25) is 0 Å². The average molecular weight is 266 g/mol. The molecule has 0 saturated heterocycles. The zero-order chi connectivity index (χ0) is 14.4. The zero-order valence-corrected chi connectivity index (χ0v) is 11.7. The Morgan fingerprint density at radius 2 is 1.35 bits per heavy atom. The summed E-state index contributed by atoms with van der Waals surface area (Å²) in [5.74, 6) is -0.317. The SMILES string of the molecule is CC(C)=CC(=O)OC(c1ccccc1)c1ccccc1. The summed E-state index contributed by atoms with van der Waals surface area (Å²) >= 11 is 0. The smallest absolute Gasteiger partial charge is 0.331 e. The summed E-state index contributed by atoms with van der Waals surface area (Å²) in [6, 6.07) is 19.5. The largest absolute Gasteiger partial charge is 0.449 e. The van der Waals surface area contributed by atoms with Crippen molar-refractivity contribution in [2.45, 2.75) is 20.0 Å². The minimum Gasteiger partial charge on any atom is -0.449 e. The highest BCUT2D eigenvalue weighted by atomic mass is 16.5. The third kappa shape index (κ3) is 3.82. The highest BCUT2D eigenvalue weighted by Crippen LogP contribution is 2.26. The van der Waals surface area contributed by atoms with Crippen LogP contribution in [-0.4, -0.2) is 5.97 Å². The fourth-order valence-corrected chi connectivity index (χ4v) is 1.97. The fraction of sp³-hybridized carbons (Fsp3) is 0.167. The molecular formula is C18H18O2. The minimum atomic E-state index is -0.375.